The zero-order chi connectivity index (χ0) is 20.6. The van der Waals surface area contributed by atoms with E-state index in [4.69, 9.17) is 11.6 Å². The number of hydrogen-bond acceptors (Lipinski definition) is 4. The molecule has 1 fully saturated rings. The fourth-order valence-corrected chi connectivity index (χ4v) is 5.47. The number of likely N-dealkylation sites (tertiary alicyclic amines) is 1. The third-order valence-electron chi connectivity index (χ3n) is 5.72. The number of halogens is 1. The van der Waals surface area contributed by atoms with E-state index >= 15 is 0 Å². The predicted molar refractivity (Wildman–Crippen MR) is 119 cm³/mol. The number of fused-ring (bicyclic) bond motifs is 1. The maximum Gasteiger partial charge on any atom is 0.268 e. The lowest BCUT2D eigenvalue weighted by molar-refractivity contribution is 0.264. The van der Waals surface area contributed by atoms with Crippen LogP contribution in [0.25, 0.3) is 10.9 Å². The Bertz CT molecular complexity index is 1130. The van der Waals surface area contributed by atoms with Gasteiger partial charge in [0.15, 0.2) is 0 Å². The molecule has 1 aliphatic heterocycles. The number of aryl methyl sites for hydroxylation is 1. The Morgan fingerprint density at radius 1 is 1.10 bits per heavy atom. The van der Waals surface area contributed by atoms with E-state index in [2.05, 4.69) is 24.2 Å². The molecule has 2 heterocycles. The molecule has 0 amide bonds. The first-order chi connectivity index (χ1) is 13.9. The minimum atomic E-state index is -3.73. The molecule has 7 heteroatoms. The monoisotopic (exact) mass is 431 g/mol. The lowest BCUT2D eigenvalue weighted by atomic mass is 10.0. The SMILES string of the molecule is CCc1ccc(S(=O)(=O)n2ccc3ccc(Cl)cc32)cc1NC1CCN(C)CC1. The van der Waals surface area contributed by atoms with Gasteiger partial charge >= 0.3 is 0 Å². The normalized spacial score (nSPS) is 16.4. The first kappa shape index (κ1) is 20.3. The zero-order valence-electron chi connectivity index (χ0n) is 16.7. The van der Waals surface area contributed by atoms with Gasteiger partial charge in [-0.2, -0.15) is 0 Å². The molecule has 0 spiro atoms. The van der Waals surface area contributed by atoms with Crippen molar-refractivity contribution < 1.29 is 8.42 Å². The van der Waals surface area contributed by atoms with Crippen LogP contribution in [0.3, 0.4) is 0 Å². The highest BCUT2D eigenvalue weighted by Crippen LogP contribution is 2.28. The second-order valence-electron chi connectivity index (χ2n) is 7.71. The van der Waals surface area contributed by atoms with Crippen molar-refractivity contribution in [2.45, 2.75) is 37.1 Å². The minimum absolute atomic E-state index is 0.280. The molecule has 0 atom stereocenters. The lowest BCUT2D eigenvalue weighted by Gasteiger charge is -2.30. The highest BCUT2D eigenvalue weighted by Gasteiger charge is 2.22. The van der Waals surface area contributed by atoms with Crippen molar-refractivity contribution >= 4 is 38.2 Å². The van der Waals surface area contributed by atoms with Gasteiger partial charge < -0.3 is 10.2 Å². The Hall–Kier alpha value is -2.02. The second kappa shape index (κ2) is 8.01. The quantitative estimate of drug-likeness (QED) is 0.641. The van der Waals surface area contributed by atoms with Gasteiger partial charge in [0.2, 0.25) is 0 Å². The highest BCUT2D eigenvalue weighted by atomic mass is 35.5. The van der Waals surface area contributed by atoms with Gasteiger partial charge in [-0.15, -0.1) is 0 Å². The maximum absolute atomic E-state index is 13.4. The number of hydrogen-bond donors (Lipinski definition) is 1. The summed E-state index contributed by atoms with van der Waals surface area (Å²) < 4.78 is 28.1. The summed E-state index contributed by atoms with van der Waals surface area (Å²) >= 11 is 6.11. The van der Waals surface area contributed by atoms with Gasteiger partial charge in [-0.05, 0) is 75.3 Å². The molecule has 1 N–H and O–H groups in total. The van der Waals surface area contributed by atoms with E-state index in [0.717, 1.165) is 49.0 Å². The molecule has 0 saturated carbocycles. The van der Waals surface area contributed by atoms with E-state index in [0.29, 0.717) is 16.6 Å². The van der Waals surface area contributed by atoms with Crippen molar-refractivity contribution in [3.05, 3.63) is 59.2 Å². The van der Waals surface area contributed by atoms with Crippen LogP contribution in [-0.2, 0) is 16.4 Å². The first-order valence-electron chi connectivity index (χ1n) is 9.98. The van der Waals surface area contributed by atoms with Gasteiger partial charge in [0.1, 0.15) is 0 Å². The maximum atomic E-state index is 13.4. The minimum Gasteiger partial charge on any atom is -0.382 e. The lowest BCUT2D eigenvalue weighted by Crippen LogP contribution is -2.36. The molecule has 1 aromatic heterocycles. The summed E-state index contributed by atoms with van der Waals surface area (Å²) in [7, 11) is -1.59. The topological polar surface area (TPSA) is 54.3 Å². The van der Waals surface area contributed by atoms with Gasteiger partial charge in [0.05, 0.1) is 10.4 Å². The fraction of sp³-hybridized carbons (Fsp3) is 0.364. The van der Waals surface area contributed by atoms with Crippen molar-refractivity contribution in [3.8, 4) is 0 Å². The number of rotatable bonds is 5. The van der Waals surface area contributed by atoms with Crippen LogP contribution in [0, 0.1) is 0 Å². The highest BCUT2D eigenvalue weighted by molar-refractivity contribution is 7.90. The van der Waals surface area contributed by atoms with Gasteiger partial charge in [0.25, 0.3) is 10.0 Å². The zero-order valence-corrected chi connectivity index (χ0v) is 18.3. The molecule has 2 aromatic carbocycles. The number of benzene rings is 2. The molecule has 0 aliphatic carbocycles. The van der Waals surface area contributed by atoms with E-state index < -0.39 is 10.0 Å². The smallest absolute Gasteiger partial charge is 0.268 e. The summed E-state index contributed by atoms with van der Waals surface area (Å²) in [5.41, 5.74) is 2.63. The summed E-state index contributed by atoms with van der Waals surface area (Å²) in [6.45, 7) is 4.19. The predicted octanol–water partition coefficient (Wildman–Crippen LogP) is 4.60. The van der Waals surface area contributed by atoms with Crippen LogP contribution in [-0.4, -0.2) is 43.5 Å². The molecule has 154 valence electrons. The van der Waals surface area contributed by atoms with Crippen LogP contribution >= 0.6 is 11.6 Å². The van der Waals surface area contributed by atoms with Crippen LogP contribution in [0.2, 0.25) is 5.02 Å². The van der Waals surface area contributed by atoms with Crippen LogP contribution in [0.15, 0.2) is 53.6 Å². The largest absolute Gasteiger partial charge is 0.382 e. The first-order valence-corrected chi connectivity index (χ1v) is 11.8. The summed E-state index contributed by atoms with van der Waals surface area (Å²) in [5.74, 6) is 0. The Morgan fingerprint density at radius 3 is 2.59 bits per heavy atom. The third kappa shape index (κ3) is 4.02. The molecule has 1 saturated heterocycles. The Labute approximate surface area is 177 Å². The Balaban J connectivity index is 1.71. The van der Waals surface area contributed by atoms with E-state index in [1.807, 2.05) is 12.1 Å². The Morgan fingerprint density at radius 2 is 1.86 bits per heavy atom. The van der Waals surface area contributed by atoms with Crippen molar-refractivity contribution in [1.29, 1.82) is 0 Å². The summed E-state index contributed by atoms with van der Waals surface area (Å²) in [6, 6.07) is 12.8. The number of aromatic nitrogens is 1. The number of nitrogens with one attached hydrogen (secondary N) is 1. The summed E-state index contributed by atoms with van der Waals surface area (Å²) in [5, 5.41) is 4.96. The molecule has 0 bridgehead atoms. The molecular formula is C22H26ClN3O2S. The van der Waals surface area contributed by atoms with Crippen LogP contribution < -0.4 is 5.32 Å². The number of anilines is 1. The van der Waals surface area contributed by atoms with Gasteiger partial charge in [-0.3, -0.25) is 0 Å². The van der Waals surface area contributed by atoms with E-state index in [1.54, 1.807) is 36.5 Å². The molecule has 1 aliphatic rings. The van der Waals surface area contributed by atoms with E-state index in [1.165, 1.54) is 3.97 Å². The average molecular weight is 432 g/mol. The van der Waals surface area contributed by atoms with Crippen molar-refractivity contribution in [1.82, 2.24) is 8.87 Å². The Kier molecular flexibility index (Phi) is 5.60. The molecule has 29 heavy (non-hydrogen) atoms. The van der Waals surface area contributed by atoms with Gasteiger partial charge in [-0.25, -0.2) is 12.4 Å². The van der Waals surface area contributed by atoms with E-state index in [-0.39, 0.29) is 4.90 Å². The molecular weight excluding hydrogens is 406 g/mol. The van der Waals surface area contributed by atoms with Crippen molar-refractivity contribution in [2.75, 3.05) is 25.5 Å². The number of nitrogens with zero attached hydrogens (tertiary/aromatic N) is 2. The van der Waals surface area contributed by atoms with Crippen LogP contribution in [0.4, 0.5) is 5.69 Å². The van der Waals surface area contributed by atoms with Crippen LogP contribution in [0.1, 0.15) is 25.3 Å². The molecule has 0 radical (unpaired) electrons. The van der Waals surface area contributed by atoms with Gasteiger partial charge in [-0.1, -0.05) is 30.7 Å². The third-order valence-corrected chi connectivity index (χ3v) is 7.64. The molecule has 3 aromatic rings. The van der Waals surface area contributed by atoms with Gasteiger partial charge in [0, 0.05) is 28.3 Å². The fourth-order valence-electron chi connectivity index (χ4n) is 3.93. The average Bonchev–Trinajstić information content (AvgIpc) is 3.13. The van der Waals surface area contributed by atoms with Crippen molar-refractivity contribution in [3.63, 3.8) is 0 Å². The molecule has 5 nitrogen and oxygen atoms in total. The second-order valence-corrected chi connectivity index (χ2v) is 9.97. The summed E-state index contributed by atoms with van der Waals surface area (Å²) in [4.78, 5) is 2.60. The van der Waals surface area contributed by atoms with E-state index in [9.17, 15) is 8.42 Å². The standard InChI is InChI=1S/C22H26ClN3O2S/c1-3-16-5-7-20(15-21(16)24-19-9-11-25(2)12-10-19)29(27,28)26-13-8-17-4-6-18(23)14-22(17)26/h4-8,13-15,19,24H,3,9-12H2,1-2H3. The van der Waals surface area contributed by atoms with Crippen molar-refractivity contribution in [2.24, 2.45) is 0 Å². The summed E-state index contributed by atoms with van der Waals surface area (Å²) in [6.07, 6.45) is 4.54. The number of piperidine rings is 1. The van der Waals surface area contributed by atoms with Crippen LogP contribution in [0.5, 0.6) is 0 Å². The molecule has 0 unspecified atom stereocenters. The molecule has 4 rings (SSSR count).